The van der Waals surface area contributed by atoms with Crippen LogP contribution in [0, 0.1) is 12.8 Å². The molecule has 1 unspecified atom stereocenters. The van der Waals surface area contributed by atoms with Gasteiger partial charge in [0.2, 0.25) is 0 Å². The molecule has 2 aromatic rings. The molecule has 1 heterocycles. The maximum atomic E-state index is 10.4. The number of aliphatic hydroxyl groups excluding tert-OH is 1. The zero-order valence-electron chi connectivity index (χ0n) is 11.3. The normalized spacial score (nSPS) is 12.4. The molecule has 104 valence electrons. The number of hydrogen-bond acceptors (Lipinski definition) is 2. The van der Waals surface area contributed by atoms with Crippen molar-refractivity contribution in [3.63, 3.8) is 0 Å². The van der Waals surface area contributed by atoms with Crippen molar-refractivity contribution in [2.75, 3.05) is 0 Å². The van der Waals surface area contributed by atoms with Crippen LogP contribution in [0.4, 0.5) is 0 Å². The molecule has 4 heteroatoms. The standard InChI is InChI=1S/C16H17ClN2O/c1-4-12(5-2)15(20)14-11(3)18-19(16(14)17)13-9-7-6-8-10-13/h4-10,12,15,20H,1-2H2,3H3. The van der Waals surface area contributed by atoms with Crippen molar-refractivity contribution in [3.05, 3.63) is 72.1 Å². The molecule has 2 rings (SSSR count). The Hall–Kier alpha value is -1.84. The van der Waals surface area contributed by atoms with Gasteiger partial charge in [-0.05, 0) is 19.1 Å². The van der Waals surface area contributed by atoms with Crippen molar-refractivity contribution in [3.8, 4) is 5.69 Å². The highest BCUT2D eigenvalue weighted by Gasteiger charge is 2.25. The molecule has 0 bridgehead atoms. The molecule has 0 aliphatic rings. The molecule has 3 nitrogen and oxygen atoms in total. The second-order valence-corrected chi connectivity index (χ2v) is 4.89. The summed E-state index contributed by atoms with van der Waals surface area (Å²) in [5, 5.41) is 15.2. The maximum absolute atomic E-state index is 10.4. The molecule has 0 saturated heterocycles. The van der Waals surface area contributed by atoms with Crippen LogP contribution in [0.15, 0.2) is 55.6 Å². The van der Waals surface area contributed by atoms with Gasteiger partial charge in [0.15, 0.2) is 0 Å². The van der Waals surface area contributed by atoms with Gasteiger partial charge in [-0.15, -0.1) is 13.2 Å². The molecule has 0 saturated carbocycles. The minimum Gasteiger partial charge on any atom is -0.387 e. The molecule has 0 spiro atoms. The molecule has 0 aliphatic carbocycles. The van der Waals surface area contributed by atoms with Crippen molar-refractivity contribution >= 4 is 11.6 Å². The van der Waals surface area contributed by atoms with Crippen LogP contribution in [0.1, 0.15) is 17.4 Å². The fourth-order valence-corrected chi connectivity index (χ4v) is 2.52. The molecular weight excluding hydrogens is 272 g/mol. The average Bonchev–Trinajstić information content (AvgIpc) is 2.76. The van der Waals surface area contributed by atoms with Crippen molar-refractivity contribution in [2.24, 2.45) is 5.92 Å². The maximum Gasteiger partial charge on any atom is 0.138 e. The van der Waals surface area contributed by atoms with Crippen molar-refractivity contribution in [1.82, 2.24) is 9.78 Å². The number of aryl methyl sites for hydroxylation is 1. The summed E-state index contributed by atoms with van der Waals surface area (Å²) in [7, 11) is 0. The van der Waals surface area contributed by atoms with Gasteiger partial charge < -0.3 is 5.11 Å². The summed E-state index contributed by atoms with van der Waals surface area (Å²) in [4.78, 5) is 0. The van der Waals surface area contributed by atoms with Gasteiger partial charge in [0, 0.05) is 11.5 Å². The fourth-order valence-electron chi connectivity index (χ4n) is 2.13. The third-order valence-electron chi connectivity index (χ3n) is 3.25. The Kier molecular flexibility index (Phi) is 4.42. The Bertz CT molecular complexity index is 611. The summed E-state index contributed by atoms with van der Waals surface area (Å²) >= 11 is 6.39. The minimum absolute atomic E-state index is 0.264. The van der Waals surface area contributed by atoms with Crippen molar-refractivity contribution < 1.29 is 5.11 Å². The van der Waals surface area contributed by atoms with Gasteiger partial charge in [-0.1, -0.05) is 42.0 Å². The molecule has 1 aromatic heterocycles. The lowest BCUT2D eigenvalue weighted by Crippen LogP contribution is -2.08. The highest BCUT2D eigenvalue weighted by molar-refractivity contribution is 6.30. The van der Waals surface area contributed by atoms with Crippen LogP contribution < -0.4 is 0 Å². The van der Waals surface area contributed by atoms with Crippen molar-refractivity contribution in [1.29, 1.82) is 0 Å². The molecular formula is C16H17ClN2O. The van der Waals surface area contributed by atoms with Gasteiger partial charge >= 0.3 is 0 Å². The van der Waals surface area contributed by atoms with Gasteiger partial charge in [-0.25, -0.2) is 4.68 Å². The average molecular weight is 289 g/mol. The number of benzene rings is 1. The van der Waals surface area contributed by atoms with E-state index in [4.69, 9.17) is 11.6 Å². The Morgan fingerprint density at radius 3 is 2.40 bits per heavy atom. The zero-order valence-corrected chi connectivity index (χ0v) is 12.1. The zero-order chi connectivity index (χ0) is 14.7. The molecule has 0 amide bonds. The first kappa shape index (κ1) is 14.6. The van der Waals surface area contributed by atoms with E-state index in [1.54, 1.807) is 16.8 Å². The monoisotopic (exact) mass is 288 g/mol. The van der Waals surface area contributed by atoms with Crippen LogP contribution in [0.3, 0.4) is 0 Å². The van der Waals surface area contributed by atoms with E-state index in [1.165, 1.54) is 0 Å². The lowest BCUT2D eigenvalue weighted by atomic mass is 9.96. The molecule has 0 fully saturated rings. The van der Waals surface area contributed by atoms with Gasteiger partial charge in [0.25, 0.3) is 0 Å². The van der Waals surface area contributed by atoms with Gasteiger partial charge in [-0.2, -0.15) is 5.10 Å². The number of rotatable bonds is 5. The van der Waals surface area contributed by atoms with E-state index in [0.29, 0.717) is 16.4 Å². The van der Waals surface area contributed by atoms with Crippen LogP contribution in [-0.2, 0) is 0 Å². The summed E-state index contributed by atoms with van der Waals surface area (Å²) in [5.41, 5.74) is 2.16. The Balaban J connectivity index is 2.49. The van der Waals surface area contributed by atoms with E-state index in [1.807, 2.05) is 37.3 Å². The van der Waals surface area contributed by atoms with E-state index in [0.717, 1.165) is 5.69 Å². The number of aliphatic hydroxyl groups is 1. The smallest absolute Gasteiger partial charge is 0.138 e. The summed E-state index contributed by atoms with van der Waals surface area (Å²) < 4.78 is 1.62. The number of aromatic nitrogens is 2. The second-order valence-electron chi connectivity index (χ2n) is 4.53. The van der Waals surface area contributed by atoms with Gasteiger partial charge in [-0.3, -0.25) is 0 Å². The van der Waals surface area contributed by atoms with Crippen molar-refractivity contribution in [2.45, 2.75) is 13.0 Å². The molecule has 1 N–H and O–H groups in total. The summed E-state index contributed by atoms with van der Waals surface area (Å²) in [6.45, 7) is 9.23. The van der Waals surface area contributed by atoms with E-state index >= 15 is 0 Å². The van der Waals surface area contributed by atoms with Crippen LogP contribution in [0.5, 0.6) is 0 Å². The minimum atomic E-state index is -0.796. The lowest BCUT2D eigenvalue weighted by molar-refractivity contribution is 0.151. The van der Waals surface area contributed by atoms with Gasteiger partial charge in [0.1, 0.15) is 5.15 Å². The lowest BCUT2D eigenvalue weighted by Gasteiger charge is -2.16. The SMILES string of the molecule is C=CC(C=C)C(O)c1c(C)nn(-c2ccccc2)c1Cl. The molecule has 0 radical (unpaired) electrons. The summed E-state index contributed by atoms with van der Waals surface area (Å²) in [6.07, 6.45) is 2.50. The van der Waals surface area contributed by atoms with Crippen LogP contribution in [0.2, 0.25) is 5.15 Å². The highest BCUT2D eigenvalue weighted by atomic mass is 35.5. The first-order chi connectivity index (χ1) is 9.60. The first-order valence-corrected chi connectivity index (χ1v) is 6.71. The number of hydrogen-bond donors (Lipinski definition) is 1. The van der Waals surface area contributed by atoms with E-state index < -0.39 is 6.10 Å². The predicted molar refractivity (Wildman–Crippen MR) is 82.2 cm³/mol. The number of nitrogens with zero attached hydrogens (tertiary/aromatic N) is 2. The Labute approximate surface area is 123 Å². The quantitative estimate of drug-likeness (QED) is 0.849. The summed E-state index contributed by atoms with van der Waals surface area (Å²) in [6, 6.07) is 9.57. The number of para-hydroxylation sites is 1. The topological polar surface area (TPSA) is 38.1 Å². The number of halogens is 1. The largest absolute Gasteiger partial charge is 0.387 e. The van der Waals surface area contributed by atoms with E-state index in [2.05, 4.69) is 18.3 Å². The van der Waals surface area contributed by atoms with Crippen LogP contribution >= 0.6 is 11.6 Å². The van der Waals surface area contributed by atoms with E-state index in [-0.39, 0.29) is 5.92 Å². The summed E-state index contributed by atoms with van der Waals surface area (Å²) in [5.74, 6) is -0.264. The third kappa shape index (κ3) is 2.55. The van der Waals surface area contributed by atoms with E-state index in [9.17, 15) is 5.11 Å². The first-order valence-electron chi connectivity index (χ1n) is 6.33. The van der Waals surface area contributed by atoms with Gasteiger partial charge in [0.05, 0.1) is 17.5 Å². The highest BCUT2D eigenvalue weighted by Crippen LogP contribution is 2.33. The Morgan fingerprint density at radius 1 is 1.25 bits per heavy atom. The Morgan fingerprint density at radius 2 is 1.85 bits per heavy atom. The predicted octanol–water partition coefficient (Wildman–Crippen LogP) is 3.86. The third-order valence-corrected chi connectivity index (χ3v) is 3.62. The molecule has 1 aromatic carbocycles. The molecule has 20 heavy (non-hydrogen) atoms. The van der Waals surface area contributed by atoms with Crippen LogP contribution in [0.25, 0.3) is 5.69 Å². The molecule has 1 atom stereocenters. The van der Waals surface area contributed by atoms with Crippen LogP contribution in [-0.4, -0.2) is 14.9 Å². The molecule has 0 aliphatic heterocycles. The fraction of sp³-hybridized carbons (Fsp3) is 0.188. The second kappa shape index (κ2) is 6.07.